The number of rotatable bonds is 8. The molecular formula is C21H31IN4O2. The molecular weight excluding hydrogens is 467 g/mol. The molecule has 7 heteroatoms. The van der Waals surface area contributed by atoms with E-state index in [4.69, 9.17) is 9.47 Å². The highest BCUT2D eigenvalue weighted by Crippen LogP contribution is 2.30. The number of hydrogen-bond donors (Lipinski definition) is 2. The van der Waals surface area contributed by atoms with Crippen molar-refractivity contribution < 1.29 is 9.47 Å². The molecule has 0 aliphatic carbocycles. The number of ether oxygens (including phenoxy) is 2. The van der Waals surface area contributed by atoms with Crippen LogP contribution in [0, 0.1) is 0 Å². The Bertz CT molecular complexity index is 749. The Morgan fingerprint density at radius 3 is 2.32 bits per heavy atom. The van der Waals surface area contributed by atoms with Crippen LogP contribution >= 0.6 is 24.0 Å². The van der Waals surface area contributed by atoms with E-state index in [1.165, 1.54) is 5.69 Å². The Morgan fingerprint density at radius 2 is 1.75 bits per heavy atom. The Morgan fingerprint density at radius 1 is 1.04 bits per heavy atom. The first-order chi connectivity index (χ1) is 13.1. The van der Waals surface area contributed by atoms with Crippen molar-refractivity contribution in [3.63, 3.8) is 0 Å². The summed E-state index contributed by atoms with van der Waals surface area (Å²) in [4.78, 5) is 6.76. The zero-order valence-electron chi connectivity index (χ0n) is 17.3. The van der Waals surface area contributed by atoms with Crippen LogP contribution < -0.4 is 25.0 Å². The van der Waals surface area contributed by atoms with Gasteiger partial charge in [0.15, 0.2) is 17.5 Å². The quantitative estimate of drug-likeness (QED) is 0.322. The first-order valence-electron chi connectivity index (χ1n) is 9.19. The average Bonchev–Trinajstić information content (AvgIpc) is 2.67. The predicted octanol–water partition coefficient (Wildman–Crippen LogP) is 4.36. The second kappa shape index (κ2) is 12.3. The second-order valence-electron chi connectivity index (χ2n) is 6.18. The van der Waals surface area contributed by atoms with Crippen LogP contribution in [0.4, 0.5) is 11.4 Å². The van der Waals surface area contributed by atoms with Crippen LogP contribution in [0.2, 0.25) is 0 Å². The maximum atomic E-state index is 5.64. The lowest BCUT2D eigenvalue weighted by molar-refractivity contribution is 0.311. The molecule has 0 heterocycles. The number of anilines is 2. The second-order valence-corrected chi connectivity index (χ2v) is 6.18. The highest BCUT2D eigenvalue weighted by Gasteiger charge is 2.07. The van der Waals surface area contributed by atoms with E-state index in [0.717, 1.165) is 23.8 Å². The van der Waals surface area contributed by atoms with Crippen LogP contribution in [0.1, 0.15) is 19.4 Å². The van der Waals surface area contributed by atoms with Crippen molar-refractivity contribution in [1.29, 1.82) is 0 Å². The fourth-order valence-electron chi connectivity index (χ4n) is 2.54. The molecule has 6 nitrogen and oxygen atoms in total. The molecule has 2 aromatic rings. The molecule has 0 fully saturated rings. The largest absolute Gasteiger partial charge is 0.493 e. The summed E-state index contributed by atoms with van der Waals surface area (Å²) in [5, 5.41) is 6.59. The molecule has 0 spiro atoms. The normalized spacial score (nSPS) is 10.7. The van der Waals surface area contributed by atoms with Crippen LogP contribution in [-0.2, 0) is 6.54 Å². The summed E-state index contributed by atoms with van der Waals surface area (Å²) in [5.41, 5.74) is 3.22. The highest BCUT2D eigenvalue weighted by molar-refractivity contribution is 14.0. The SMILES string of the molecule is CCNC(=NCc1ccc(N(C)C)cc1)Nc1ccc(OC)c(OCC)c1.I. The Hall–Kier alpha value is -2.16. The van der Waals surface area contributed by atoms with Gasteiger partial charge in [-0.2, -0.15) is 0 Å². The van der Waals surface area contributed by atoms with Gasteiger partial charge in [0.25, 0.3) is 0 Å². The standard InChI is InChI=1S/C21H30N4O2.HI/c1-6-22-21(23-15-16-8-11-18(12-9-16)25(3)4)24-17-10-13-19(26-5)20(14-17)27-7-2;/h8-14H,6-7,15H2,1-5H3,(H2,22,23,24);1H. The molecule has 28 heavy (non-hydrogen) atoms. The molecule has 0 aliphatic heterocycles. The van der Waals surface area contributed by atoms with Gasteiger partial charge < -0.3 is 25.0 Å². The molecule has 0 amide bonds. The van der Waals surface area contributed by atoms with Gasteiger partial charge in [0, 0.05) is 38.1 Å². The van der Waals surface area contributed by atoms with Gasteiger partial charge in [0.2, 0.25) is 0 Å². The van der Waals surface area contributed by atoms with Gasteiger partial charge in [-0.25, -0.2) is 4.99 Å². The third-order valence-electron chi connectivity index (χ3n) is 3.94. The summed E-state index contributed by atoms with van der Waals surface area (Å²) in [6.45, 7) is 5.95. The number of benzene rings is 2. The van der Waals surface area contributed by atoms with Crippen LogP contribution in [0.15, 0.2) is 47.5 Å². The van der Waals surface area contributed by atoms with Crippen molar-refractivity contribution in [2.45, 2.75) is 20.4 Å². The van der Waals surface area contributed by atoms with Crippen LogP contribution in [0.5, 0.6) is 11.5 Å². The van der Waals surface area contributed by atoms with Gasteiger partial charge in [-0.1, -0.05) is 12.1 Å². The van der Waals surface area contributed by atoms with Gasteiger partial charge >= 0.3 is 0 Å². The minimum absolute atomic E-state index is 0. The van der Waals surface area contributed by atoms with E-state index in [-0.39, 0.29) is 24.0 Å². The monoisotopic (exact) mass is 498 g/mol. The number of aliphatic imine (C=N–C) groups is 1. The molecule has 0 saturated heterocycles. The van der Waals surface area contributed by atoms with E-state index >= 15 is 0 Å². The summed E-state index contributed by atoms with van der Waals surface area (Å²) >= 11 is 0. The van der Waals surface area contributed by atoms with Crippen molar-refractivity contribution in [3.8, 4) is 11.5 Å². The van der Waals surface area contributed by atoms with Gasteiger partial charge in [0.1, 0.15) is 0 Å². The predicted molar refractivity (Wildman–Crippen MR) is 129 cm³/mol. The number of nitrogens with zero attached hydrogens (tertiary/aromatic N) is 2. The molecule has 2 aromatic carbocycles. The van der Waals surface area contributed by atoms with Gasteiger partial charge in [-0.15, -0.1) is 24.0 Å². The summed E-state index contributed by atoms with van der Waals surface area (Å²) in [7, 11) is 5.70. The zero-order valence-corrected chi connectivity index (χ0v) is 19.6. The molecule has 2 rings (SSSR count). The van der Waals surface area contributed by atoms with E-state index in [0.29, 0.717) is 24.7 Å². The van der Waals surface area contributed by atoms with E-state index in [2.05, 4.69) is 44.8 Å². The topological polar surface area (TPSA) is 58.1 Å². The fourth-order valence-corrected chi connectivity index (χ4v) is 2.54. The first-order valence-corrected chi connectivity index (χ1v) is 9.19. The summed E-state index contributed by atoms with van der Waals surface area (Å²) in [6, 6.07) is 14.1. The number of guanidine groups is 1. The summed E-state index contributed by atoms with van der Waals surface area (Å²) in [5.74, 6) is 2.15. The van der Waals surface area contributed by atoms with Crippen LogP contribution in [0.3, 0.4) is 0 Å². The van der Waals surface area contributed by atoms with Crippen molar-refractivity contribution in [2.75, 3.05) is 44.6 Å². The van der Waals surface area contributed by atoms with E-state index in [1.54, 1.807) is 7.11 Å². The number of hydrogen-bond acceptors (Lipinski definition) is 4. The Kier molecular flexibility index (Phi) is 10.5. The van der Waals surface area contributed by atoms with E-state index in [1.807, 2.05) is 46.1 Å². The van der Waals surface area contributed by atoms with Crippen molar-refractivity contribution in [2.24, 2.45) is 4.99 Å². The Labute approximate surface area is 185 Å². The summed E-state index contributed by atoms with van der Waals surface area (Å²) in [6.07, 6.45) is 0. The molecule has 0 bridgehead atoms. The van der Waals surface area contributed by atoms with Crippen LogP contribution in [-0.4, -0.2) is 40.3 Å². The first kappa shape index (κ1) is 23.9. The molecule has 154 valence electrons. The molecule has 0 atom stereocenters. The fraction of sp³-hybridized carbons (Fsp3) is 0.381. The van der Waals surface area contributed by atoms with Crippen molar-refractivity contribution >= 4 is 41.3 Å². The van der Waals surface area contributed by atoms with Gasteiger partial charge in [-0.05, 0) is 43.7 Å². The molecule has 0 unspecified atom stereocenters. The third kappa shape index (κ3) is 7.10. The zero-order chi connectivity index (χ0) is 19.6. The molecule has 0 radical (unpaired) electrons. The Balaban J connectivity index is 0.00000392. The third-order valence-corrected chi connectivity index (χ3v) is 3.94. The number of nitrogens with one attached hydrogen (secondary N) is 2. The van der Waals surface area contributed by atoms with E-state index < -0.39 is 0 Å². The van der Waals surface area contributed by atoms with Gasteiger partial charge in [0.05, 0.1) is 20.3 Å². The number of halogens is 1. The minimum atomic E-state index is 0. The lowest BCUT2D eigenvalue weighted by Crippen LogP contribution is -2.30. The molecule has 0 saturated carbocycles. The smallest absolute Gasteiger partial charge is 0.196 e. The molecule has 2 N–H and O–H groups in total. The average molecular weight is 498 g/mol. The molecule has 0 aliphatic rings. The van der Waals surface area contributed by atoms with Crippen LogP contribution in [0.25, 0.3) is 0 Å². The lowest BCUT2D eigenvalue weighted by atomic mass is 10.2. The van der Waals surface area contributed by atoms with Crippen molar-refractivity contribution in [1.82, 2.24) is 5.32 Å². The van der Waals surface area contributed by atoms with Gasteiger partial charge in [-0.3, -0.25) is 0 Å². The maximum absolute atomic E-state index is 5.64. The number of methoxy groups -OCH3 is 1. The maximum Gasteiger partial charge on any atom is 0.196 e. The summed E-state index contributed by atoms with van der Waals surface area (Å²) < 4.78 is 11.0. The molecule has 0 aromatic heterocycles. The lowest BCUT2D eigenvalue weighted by Gasteiger charge is -2.15. The van der Waals surface area contributed by atoms with E-state index in [9.17, 15) is 0 Å². The highest BCUT2D eigenvalue weighted by atomic mass is 127. The minimum Gasteiger partial charge on any atom is -0.493 e. The van der Waals surface area contributed by atoms with Crippen molar-refractivity contribution in [3.05, 3.63) is 48.0 Å².